The summed E-state index contributed by atoms with van der Waals surface area (Å²) in [5.41, 5.74) is 0.294. The van der Waals surface area contributed by atoms with Gasteiger partial charge in [-0.15, -0.1) is 0 Å². The van der Waals surface area contributed by atoms with Crippen molar-refractivity contribution in [2.75, 3.05) is 0 Å². The number of nitriles is 1. The summed E-state index contributed by atoms with van der Waals surface area (Å²) in [6.45, 7) is 2.11. The molecule has 0 aliphatic rings. The highest BCUT2D eigenvalue weighted by molar-refractivity contribution is 6.30. The average molecular weight is 184 g/mol. The summed E-state index contributed by atoms with van der Waals surface area (Å²) >= 11 is 5.68. The largest absolute Gasteiger partial charge is 0.332 e. The molecule has 64 valence electrons. The lowest BCUT2D eigenvalue weighted by Gasteiger charge is -1.90. The maximum Gasteiger partial charge on any atom is 0.177 e. The summed E-state index contributed by atoms with van der Waals surface area (Å²) in [6, 6.07) is 1.92. The highest BCUT2D eigenvalue weighted by atomic mass is 35.5. The minimum absolute atomic E-state index is 0.294. The number of hydrogen-bond acceptors (Lipinski definition) is 2. The smallest absolute Gasteiger partial charge is 0.177 e. The van der Waals surface area contributed by atoms with E-state index in [-0.39, 0.29) is 0 Å². The maximum atomic E-state index is 8.54. The van der Waals surface area contributed by atoms with Crippen LogP contribution in [0.3, 0.4) is 0 Å². The predicted octanol–water partition coefficient (Wildman–Crippen LogP) is 2.28. The molecular weight excluding hydrogens is 174 g/mol. The minimum atomic E-state index is 0.294. The molecule has 1 N–H and O–H groups in total. The average Bonchev–Trinajstić information content (AvgIpc) is 2.43. The van der Waals surface area contributed by atoms with Gasteiger partial charge in [-0.2, -0.15) is 5.26 Å². The first-order chi connectivity index (χ1) is 5.77. The summed E-state index contributed by atoms with van der Waals surface area (Å²) in [5, 5.41) is 8.89. The van der Waals surface area contributed by atoms with Crippen LogP contribution >= 0.6 is 11.6 Å². The molecule has 0 aromatic carbocycles. The Bertz CT molecular complexity index is 298. The van der Waals surface area contributed by atoms with E-state index < -0.39 is 0 Å². The van der Waals surface area contributed by atoms with Crippen molar-refractivity contribution < 1.29 is 0 Å². The summed E-state index contributed by atoms with van der Waals surface area (Å²) in [4.78, 5) is 6.88. The van der Waals surface area contributed by atoms with Crippen LogP contribution < -0.4 is 0 Å². The summed E-state index contributed by atoms with van der Waals surface area (Å²) in [6.07, 6.45) is 3.03. The Morgan fingerprint density at radius 3 is 2.92 bits per heavy atom. The van der Waals surface area contributed by atoms with Crippen LogP contribution in [0, 0.1) is 11.3 Å². The number of unbranched alkanes of at least 4 members (excludes halogenated alkanes) is 1. The van der Waals surface area contributed by atoms with Gasteiger partial charge in [0, 0.05) is 6.42 Å². The molecule has 0 fully saturated rings. The lowest BCUT2D eigenvalue weighted by atomic mass is 10.2. The molecule has 4 heteroatoms. The Balaban J connectivity index is 2.70. The third-order valence-electron chi connectivity index (χ3n) is 1.58. The van der Waals surface area contributed by atoms with E-state index in [1.165, 1.54) is 0 Å². The molecule has 0 bridgehead atoms. The van der Waals surface area contributed by atoms with Gasteiger partial charge < -0.3 is 4.98 Å². The fraction of sp³-hybridized carbons (Fsp3) is 0.500. The van der Waals surface area contributed by atoms with Crippen molar-refractivity contribution in [2.24, 2.45) is 0 Å². The summed E-state index contributed by atoms with van der Waals surface area (Å²) < 4.78 is 0. The van der Waals surface area contributed by atoms with E-state index >= 15 is 0 Å². The van der Waals surface area contributed by atoms with Gasteiger partial charge in [0.2, 0.25) is 0 Å². The zero-order chi connectivity index (χ0) is 8.97. The number of halogens is 1. The van der Waals surface area contributed by atoms with E-state index in [0.717, 1.165) is 25.1 Å². The van der Waals surface area contributed by atoms with Gasteiger partial charge in [0.25, 0.3) is 0 Å². The number of imidazole rings is 1. The predicted molar refractivity (Wildman–Crippen MR) is 46.9 cm³/mol. The molecule has 0 saturated heterocycles. The number of nitrogens with one attached hydrogen (secondary N) is 1. The van der Waals surface area contributed by atoms with Crippen molar-refractivity contribution in [3.05, 3.63) is 16.7 Å². The van der Waals surface area contributed by atoms with E-state index in [1.54, 1.807) is 0 Å². The van der Waals surface area contributed by atoms with Crippen LogP contribution in [-0.4, -0.2) is 9.97 Å². The van der Waals surface area contributed by atoms with Crippen LogP contribution in [0.4, 0.5) is 0 Å². The van der Waals surface area contributed by atoms with Crippen molar-refractivity contribution in [1.82, 2.24) is 9.97 Å². The first-order valence-electron chi connectivity index (χ1n) is 3.92. The molecule has 0 saturated carbocycles. The molecule has 0 spiro atoms. The van der Waals surface area contributed by atoms with Gasteiger partial charge >= 0.3 is 0 Å². The Morgan fingerprint density at radius 2 is 2.42 bits per heavy atom. The topological polar surface area (TPSA) is 52.5 Å². The van der Waals surface area contributed by atoms with Gasteiger partial charge in [-0.05, 0) is 6.42 Å². The molecule has 3 nitrogen and oxygen atoms in total. The van der Waals surface area contributed by atoms with Crippen molar-refractivity contribution in [2.45, 2.75) is 26.2 Å². The van der Waals surface area contributed by atoms with E-state index in [2.05, 4.69) is 16.9 Å². The highest BCUT2D eigenvalue weighted by Crippen LogP contribution is 2.12. The number of hydrogen-bond donors (Lipinski definition) is 1. The molecule has 0 aliphatic carbocycles. The molecule has 0 unspecified atom stereocenters. The first kappa shape index (κ1) is 9.08. The SMILES string of the molecule is CCCCc1nc(C#N)c(Cl)[nH]1. The Labute approximate surface area is 76.4 Å². The van der Waals surface area contributed by atoms with Crippen molar-refractivity contribution >= 4 is 11.6 Å². The normalized spacial score (nSPS) is 9.75. The fourth-order valence-corrected chi connectivity index (χ4v) is 1.13. The zero-order valence-corrected chi connectivity index (χ0v) is 7.65. The number of aromatic amines is 1. The molecule has 1 aromatic rings. The van der Waals surface area contributed by atoms with Crippen LogP contribution in [0.25, 0.3) is 0 Å². The number of H-pyrrole nitrogens is 1. The second-order valence-corrected chi connectivity index (χ2v) is 2.94. The first-order valence-corrected chi connectivity index (χ1v) is 4.30. The van der Waals surface area contributed by atoms with Gasteiger partial charge in [-0.3, -0.25) is 0 Å². The fourth-order valence-electron chi connectivity index (χ4n) is 0.935. The van der Waals surface area contributed by atoms with E-state index in [0.29, 0.717) is 10.8 Å². The third kappa shape index (κ3) is 1.99. The second kappa shape index (κ2) is 4.13. The molecule has 1 heterocycles. The number of rotatable bonds is 3. The minimum Gasteiger partial charge on any atom is -0.332 e. The standard InChI is InChI=1S/C8H10ClN3/c1-2-3-4-7-11-6(5-10)8(9)12-7/h2-4H2,1H3,(H,11,12). The molecule has 0 atom stereocenters. The zero-order valence-electron chi connectivity index (χ0n) is 6.89. The van der Waals surface area contributed by atoms with Crippen LogP contribution in [-0.2, 0) is 6.42 Å². The highest BCUT2D eigenvalue weighted by Gasteiger charge is 2.05. The Hall–Kier alpha value is -1.01. The van der Waals surface area contributed by atoms with Crippen LogP contribution in [0.2, 0.25) is 5.15 Å². The second-order valence-electron chi connectivity index (χ2n) is 2.56. The van der Waals surface area contributed by atoms with Crippen molar-refractivity contribution in [3.63, 3.8) is 0 Å². The van der Waals surface area contributed by atoms with E-state index in [9.17, 15) is 0 Å². The molecule has 12 heavy (non-hydrogen) atoms. The quantitative estimate of drug-likeness (QED) is 0.782. The monoisotopic (exact) mass is 183 g/mol. The molecule has 0 amide bonds. The van der Waals surface area contributed by atoms with Gasteiger partial charge in [0.15, 0.2) is 5.69 Å². The molecule has 0 aliphatic heterocycles. The van der Waals surface area contributed by atoms with Gasteiger partial charge in [0.05, 0.1) is 0 Å². The van der Waals surface area contributed by atoms with E-state index in [4.69, 9.17) is 16.9 Å². The van der Waals surface area contributed by atoms with Crippen LogP contribution in [0.5, 0.6) is 0 Å². The number of aromatic nitrogens is 2. The molecule has 1 rings (SSSR count). The van der Waals surface area contributed by atoms with Crippen molar-refractivity contribution in [1.29, 1.82) is 5.26 Å². The molecule has 0 radical (unpaired) electrons. The molecular formula is C8H10ClN3. The van der Waals surface area contributed by atoms with Crippen molar-refractivity contribution in [3.8, 4) is 6.07 Å². The summed E-state index contributed by atoms with van der Waals surface area (Å²) in [7, 11) is 0. The number of nitrogens with zero attached hydrogens (tertiary/aromatic N) is 2. The lowest BCUT2D eigenvalue weighted by molar-refractivity contribution is 0.762. The van der Waals surface area contributed by atoms with Gasteiger partial charge in [-0.1, -0.05) is 24.9 Å². The Kier molecular flexibility index (Phi) is 3.12. The van der Waals surface area contributed by atoms with Crippen LogP contribution in [0.15, 0.2) is 0 Å². The third-order valence-corrected chi connectivity index (χ3v) is 1.86. The van der Waals surface area contributed by atoms with Crippen LogP contribution in [0.1, 0.15) is 31.3 Å². The molecule has 1 aromatic heterocycles. The van der Waals surface area contributed by atoms with Gasteiger partial charge in [0.1, 0.15) is 17.0 Å². The van der Waals surface area contributed by atoms with Gasteiger partial charge in [-0.25, -0.2) is 4.98 Å². The number of aryl methyl sites for hydroxylation is 1. The van der Waals surface area contributed by atoms with E-state index in [1.807, 2.05) is 6.07 Å². The Morgan fingerprint density at radius 1 is 1.67 bits per heavy atom. The lowest BCUT2D eigenvalue weighted by Crippen LogP contribution is -1.86. The maximum absolute atomic E-state index is 8.54. The summed E-state index contributed by atoms with van der Waals surface area (Å²) in [5.74, 6) is 0.804.